The standard InChI is InChI=1S/C22H19N3O2S3/c26-17-9-4-8-16-20(17)15(18-10-5-11-28-18)12-19(27)25(16)21-23-24-22(30-21)29-13-14-6-2-1-3-7-14/h1-3,5-7,10-11,15H,4,8-9,12-13H2/t15-/m1/s1. The molecule has 0 N–H and O–H groups in total. The van der Waals surface area contributed by atoms with Gasteiger partial charge in [0, 0.05) is 40.7 Å². The molecule has 5 nitrogen and oxygen atoms in total. The lowest BCUT2D eigenvalue weighted by Gasteiger charge is -2.36. The summed E-state index contributed by atoms with van der Waals surface area (Å²) in [5.41, 5.74) is 2.85. The molecule has 0 radical (unpaired) electrons. The Balaban J connectivity index is 1.45. The first-order valence-corrected chi connectivity index (χ1v) is 12.5. The number of allylic oxidation sites excluding steroid dienone is 2. The largest absolute Gasteiger partial charge is 0.294 e. The number of nitrogens with zero attached hydrogens (tertiary/aromatic N) is 3. The van der Waals surface area contributed by atoms with Crippen molar-refractivity contribution in [1.82, 2.24) is 10.2 Å². The first-order chi connectivity index (χ1) is 14.7. The summed E-state index contributed by atoms with van der Waals surface area (Å²) in [6, 6.07) is 14.2. The van der Waals surface area contributed by atoms with Gasteiger partial charge in [-0.3, -0.25) is 14.5 Å². The molecule has 1 aliphatic carbocycles. The van der Waals surface area contributed by atoms with Crippen LogP contribution in [0.3, 0.4) is 0 Å². The van der Waals surface area contributed by atoms with Crippen molar-refractivity contribution in [3.8, 4) is 0 Å². The van der Waals surface area contributed by atoms with Crippen LogP contribution in [0.25, 0.3) is 0 Å². The lowest BCUT2D eigenvalue weighted by atomic mass is 9.80. The second kappa shape index (κ2) is 8.45. The van der Waals surface area contributed by atoms with Gasteiger partial charge in [0.25, 0.3) is 0 Å². The lowest BCUT2D eigenvalue weighted by molar-refractivity contribution is -0.119. The van der Waals surface area contributed by atoms with Gasteiger partial charge in [0.2, 0.25) is 11.0 Å². The molecule has 3 heterocycles. The first kappa shape index (κ1) is 19.7. The van der Waals surface area contributed by atoms with Crippen LogP contribution in [0.5, 0.6) is 0 Å². The topological polar surface area (TPSA) is 63.2 Å². The summed E-state index contributed by atoms with van der Waals surface area (Å²) >= 11 is 4.64. The van der Waals surface area contributed by atoms with Crippen molar-refractivity contribution in [2.45, 2.75) is 41.7 Å². The zero-order valence-corrected chi connectivity index (χ0v) is 18.6. The van der Waals surface area contributed by atoms with Crippen LogP contribution in [0.1, 0.15) is 42.0 Å². The minimum absolute atomic E-state index is 0.00221. The SMILES string of the molecule is O=C1CCCC2=C1[C@@H](c1cccs1)CC(=O)N2c1nnc(SCc2ccccc2)s1. The zero-order chi connectivity index (χ0) is 20.5. The fraction of sp³-hybridized carbons (Fsp3) is 0.273. The second-order valence-corrected chi connectivity index (χ2v) is 10.4. The quantitative estimate of drug-likeness (QED) is 0.381. The smallest absolute Gasteiger partial charge is 0.234 e. The molecule has 152 valence electrons. The number of benzene rings is 1. The molecule has 1 aliphatic heterocycles. The molecule has 0 saturated carbocycles. The third-order valence-electron chi connectivity index (χ3n) is 5.35. The second-order valence-electron chi connectivity index (χ2n) is 7.26. The van der Waals surface area contributed by atoms with Crippen molar-refractivity contribution in [2.24, 2.45) is 0 Å². The number of hydrogen-bond donors (Lipinski definition) is 0. The van der Waals surface area contributed by atoms with Crippen LogP contribution in [0.2, 0.25) is 0 Å². The van der Waals surface area contributed by atoms with Crippen molar-refractivity contribution >= 4 is 51.3 Å². The number of carbonyl (C=O) groups excluding carboxylic acids is 2. The Labute approximate surface area is 186 Å². The predicted octanol–water partition coefficient (Wildman–Crippen LogP) is 5.42. The highest BCUT2D eigenvalue weighted by molar-refractivity contribution is 8.00. The van der Waals surface area contributed by atoms with E-state index in [4.69, 9.17) is 0 Å². The van der Waals surface area contributed by atoms with E-state index in [2.05, 4.69) is 22.3 Å². The summed E-state index contributed by atoms with van der Waals surface area (Å²) in [5, 5.41) is 11.2. The molecule has 5 rings (SSSR count). The average Bonchev–Trinajstić information content (AvgIpc) is 3.45. The molecule has 0 unspecified atom stereocenters. The van der Waals surface area contributed by atoms with Crippen LogP contribution in [-0.2, 0) is 15.3 Å². The molecule has 0 spiro atoms. The number of anilines is 1. The van der Waals surface area contributed by atoms with E-state index in [-0.39, 0.29) is 17.6 Å². The highest BCUT2D eigenvalue weighted by Gasteiger charge is 2.41. The molecule has 2 aromatic heterocycles. The summed E-state index contributed by atoms with van der Waals surface area (Å²) in [6.45, 7) is 0. The molecule has 1 atom stereocenters. The predicted molar refractivity (Wildman–Crippen MR) is 121 cm³/mol. The highest BCUT2D eigenvalue weighted by atomic mass is 32.2. The molecule has 0 fully saturated rings. The van der Waals surface area contributed by atoms with Crippen molar-refractivity contribution in [2.75, 3.05) is 4.90 Å². The lowest BCUT2D eigenvalue weighted by Crippen LogP contribution is -2.40. The molecular formula is C22H19N3O2S3. The van der Waals surface area contributed by atoms with E-state index < -0.39 is 0 Å². The van der Waals surface area contributed by atoms with Gasteiger partial charge in [-0.1, -0.05) is 59.5 Å². The van der Waals surface area contributed by atoms with Crippen LogP contribution < -0.4 is 4.90 Å². The van der Waals surface area contributed by atoms with E-state index in [1.165, 1.54) is 16.9 Å². The van der Waals surface area contributed by atoms with E-state index >= 15 is 0 Å². The third-order valence-corrected chi connectivity index (χ3v) is 8.45. The maximum atomic E-state index is 13.2. The van der Waals surface area contributed by atoms with Gasteiger partial charge in [0.15, 0.2) is 10.1 Å². The van der Waals surface area contributed by atoms with E-state index in [0.717, 1.165) is 39.1 Å². The number of rotatable bonds is 5. The Bertz CT molecular complexity index is 1110. The van der Waals surface area contributed by atoms with Gasteiger partial charge < -0.3 is 0 Å². The van der Waals surface area contributed by atoms with Crippen LogP contribution in [0.15, 0.2) is 63.5 Å². The van der Waals surface area contributed by atoms with Crippen molar-refractivity contribution in [1.29, 1.82) is 0 Å². The molecular weight excluding hydrogens is 434 g/mol. The molecule has 1 aromatic carbocycles. The molecule has 1 amide bonds. The summed E-state index contributed by atoms with van der Waals surface area (Å²) in [7, 11) is 0. The van der Waals surface area contributed by atoms with Gasteiger partial charge in [0.05, 0.1) is 0 Å². The number of ketones is 1. The maximum Gasteiger partial charge on any atom is 0.234 e. The van der Waals surface area contributed by atoms with Crippen LogP contribution in [-0.4, -0.2) is 21.9 Å². The summed E-state index contributed by atoms with van der Waals surface area (Å²) in [6.07, 6.45) is 2.35. The Morgan fingerprint density at radius 2 is 1.93 bits per heavy atom. The van der Waals surface area contributed by atoms with Gasteiger partial charge in [0.1, 0.15) is 0 Å². The van der Waals surface area contributed by atoms with Gasteiger partial charge in [-0.15, -0.1) is 21.5 Å². The number of amides is 1. The fourth-order valence-electron chi connectivity index (χ4n) is 4.02. The average molecular weight is 454 g/mol. The van der Waals surface area contributed by atoms with E-state index in [9.17, 15) is 9.59 Å². The monoisotopic (exact) mass is 453 g/mol. The molecule has 0 saturated heterocycles. The van der Waals surface area contributed by atoms with Gasteiger partial charge in [-0.25, -0.2) is 0 Å². The minimum atomic E-state index is -0.128. The van der Waals surface area contributed by atoms with Crippen molar-refractivity contribution in [3.05, 3.63) is 69.6 Å². The number of aromatic nitrogens is 2. The normalized spacial score (nSPS) is 19.3. The summed E-state index contributed by atoms with van der Waals surface area (Å²) in [5.74, 6) is 0.834. The number of thioether (sulfide) groups is 1. The Morgan fingerprint density at radius 1 is 1.07 bits per heavy atom. The molecule has 0 bridgehead atoms. The Morgan fingerprint density at radius 3 is 2.73 bits per heavy atom. The van der Waals surface area contributed by atoms with Gasteiger partial charge in [-0.05, 0) is 29.9 Å². The zero-order valence-electron chi connectivity index (χ0n) is 16.1. The van der Waals surface area contributed by atoms with Gasteiger partial charge in [-0.2, -0.15) is 0 Å². The number of hydrogen-bond acceptors (Lipinski definition) is 7. The van der Waals surface area contributed by atoms with Crippen LogP contribution in [0, 0.1) is 0 Å². The number of thiophene rings is 1. The van der Waals surface area contributed by atoms with Crippen molar-refractivity contribution in [3.63, 3.8) is 0 Å². The van der Waals surface area contributed by atoms with Crippen LogP contribution in [0.4, 0.5) is 5.13 Å². The fourth-order valence-corrected chi connectivity index (χ4v) is 6.69. The first-order valence-electron chi connectivity index (χ1n) is 9.83. The van der Waals surface area contributed by atoms with Gasteiger partial charge >= 0.3 is 0 Å². The number of carbonyl (C=O) groups is 2. The highest BCUT2D eigenvalue weighted by Crippen LogP contribution is 2.45. The molecule has 2 aliphatic rings. The molecule has 8 heteroatoms. The van der Waals surface area contributed by atoms with Crippen molar-refractivity contribution < 1.29 is 9.59 Å². The number of Topliss-reactive ketones (excluding diaryl/α,β-unsaturated/α-hetero) is 1. The molecule has 3 aromatic rings. The summed E-state index contributed by atoms with van der Waals surface area (Å²) in [4.78, 5) is 28.8. The van der Waals surface area contributed by atoms with E-state index in [0.29, 0.717) is 18.0 Å². The maximum absolute atomic E-state index is 13.2. The Hall–Kier alpha value is -2.29. The van der Waals surface area contributed by atoms with E-state index in [1.807, 2.05) is 35.7 Å². The van der Waals surface area contributed by atoms with Crippen LogP contribution >= 0.6 is 34.4 Å². The Kier molecular flexibility index (Phi) is 5.54. The van der Waals surface area contributed by atoms with E-state index in [1.54, 1.807) is 28.0 Å². The minimum Gasteiger partial charge on any atom is -0.294 e. The molecule has 30 heavy (non-hydrogen) atoms. The third kappa shape index (κ3) is 3.75. The summed E-state index contributed by atoms with van der Waals surface area (Å²) < 4.78 is 0.825.